The number of carbonyl (C=O) groups is 1. The Morgan fingerprint density at radius 3 is 2.54 bits per heavy atom. The highest BCUT2D eigenvalue weighted by Gasteiger charge is 2.55. The summed E-state index contributed by atoms with van der Waals surface area (Å²) in [5, 5.41) is 0.731. The van der Waals surface area contributed by atoms with Crippen LogP contribution < -0.4 is 0 Å². The summed E-state index contributed by atoms with van der Waals surface area (Å²) in [5.41, 5.74) is 3.81. The Kier molecular flexibility index (Phi) is 3.09. The Morgan fingerprint density at radius 1 is 1.04 bits per heavy atom. The van der Waals surface area contributed by atoms with Crippen LogP contribution in [-0.4, -0.2) is 23.9 Å². The molecule has 2 atom stereocenters. The monoisotopic (exact) mass is 337 g/mol. The summed E-state index contributed by atoms with van der Waals surface area (Å²) in [5.74, 6) is 1.47. The summed E-state index contributed by atoms with van der Waals surface area (Å²) in [6.07, 6.45) is 3.06. The summed E-state index contributed by atoms with van der Waals surface area (Å²) in [4.78, 5) is 15.4. The average molecular weight is 338 g/mol. The van der Waals surface area contributed by atoms with Gasteiger partial charge >= 0.3 is 0 Å². The molecule has 1 amide bonds. The molecule has 0 spiro atoms. The van der Waals surface area contributed by atoms with Gasteiger partial charge in [0.05, 0.1) is 5.41 Å². The standard InChI is InChI=1S/C21H20ClNO/c22-17-7-5-16(6-8-17)21(9-10-21)20(24)23-12-15-11-14-3-1-2-4-18(14)19(15)13-23/h1-8,15,19H,9-13H2. The third-order valence-corrected chi connectivity index (χ3v) is 6.47. The van der Waals surface area contributed by atoms with Gasteiger partial charge in [-0.3, -0.25) is 4.79 Å². The van der Waals surface area contributed by atoms with Crippen LogP contribution in [0.3, 0.4) is 0 Å². The summed E-state index contributed by atoms with van der Waals surface area (Å²) in [7, 11) is 0. The zero-order valence-corrected chi connectivity index (χ0v) is 14.3. The largest absolute Gasteiger partial charge is 0.341 e. The first-order valence-corrected chi connectivity index (χ1v) is 9.18. The molecular weight excluding hydrogens is 318 g/mol. The van der Waals surface area contributed by atoms with Gasteiger partial charge in [0.15, 0.2) is 0 Å². The number of halogens is 1. The number of carbonyl (C=O) groups excluding carboxylic acids is 1. The van der Waals surface area contributed by atoms with E-state index in [0.717, 1.165) is 42.9 Å². The molecule has 3 aliphatic rings. The van der Waals surface area contributed by atoms with Crippen molar-refractivity contribution in [1.29, 1.82) is 0 Å². The van der Waals surface area contributed by atoms with Gasteiger partial charge < -0.3 is 4.90 Å². The van der Waals surface area contributed by atoms with E-state index >= 15 is 0 Å². The lowest BCUT2D eigenvalue weighted by Crippen LogP contribution is -2.38. The maximum atomic E-state index is 13.3. The molecule has 0 radical (unpaired) electrons. The van der Waals surface area contributed by atoms with Gasteiger partial charge in [-0.1, -0.05) is 48.0 Å². The lowest BCUT2D eigenvalue weighted by Gasteiger charge is -2.24. The van der Waals surface area contributed by atoms with Gasteiger partial charge in [-0.25, -0.2) is 0 Å². The van der Waals surface area contributed by atoms with E-state index in [9.17, 15) is 4.79 Å². The summed E-state index contributed by atoms with van der Waals surface area (Å²) < 4.78 is 0. The van der Waals surface area contributed by atoms with E-state index in [4.69, 9.17) is 11.6 Å². The lowest BCUT2D eigenvalue weighted by atomic mass is 9.94. The van der Waals surface area contributed by atoms with Crippen LogP contribution in [0.5, 0.6) is 0 Å². The van der Waals surface area contributed by atoms with Gasteiger partial charge in [0.2, 0.25) is 5.91 Å². The molecule has 2 fully saturated rings. The predicted molar refractivity (Wildman–Crippen MR) is 95.3 cm³/mol. The number of rotatable bonds is 2. The Bertz CT molecular complexity index is 809. The first-order valence-electron chi connectivity index (χ1n) is 8.81. The molecule has 2 unspecified atom stereocenters. The molecule has 24 heavy (non-hydrogen) atoms. The maximum Gasteiger partial charge on any atom is 0.233 e. The van der Waals surface area contributed by atoms with Gasteiger partial charge in [-0.05, 0) is 54.0 Å². The van der Waals surface area contributed by atoms with E-state index in [1.54, 1.807) is 0 Å². The molecule has 0 bridgehead atoms. The number of fused-ring (bicyclic) bond motifs is 3. The Morgan fingerprint density at radius 2 is 1.79 bits per heavy atom. The quantitative estimate of drug-likeness (QED) is 0.805. The lowest BCUT2D eigenvalue weighted by molar-refractivity contribution is -0.133. The van der Waals surface area contributed by atoms with Crippen LogP contribution >= 0.6 is 11.6 Å². The number of benzene rings is 2. The van der Waals surface area contributed by atoms with Crippen molar-refractivity contribution < 1.29 is 4.79 Å². The third kappa shape index (κ3) is 2.05. The molecule has 0 N–H and O–H groups in total. The van der Waals surface area contributed by atoms with Crippen molar-refractivity contribution in [1.82, 2.24) is 4.90 Å². The molecule has 1 aliphatic heterocycles. The van der Waals surface area contributed by atoms with E-state index in [1.807, 2.05) is 24.3 Å². The molecule has 1 saturated carbocycles. The van der Waals surface area contributed by atoms with Crippen molar-refractivity contribution in [3.05, 3.63) is 70.2 Å². The highest BCUT2D eigenvalue weighted by molar-refractivity contribution is 6.30. The highest BCUT2D eigenvalue weighted by atomic mass is 35.5. The van der Waals surface area contributed by atoms with Crippen LogP contribution in [-0.2, 0) is 16.6 Å². The summed E-state index contributed by atoms with van der Waals surface area (Å²) in [6.45, 7) is 1.80. The van der Waals surface area contributed by atoms with E-state index < -0.39 is 0 Å². The number of amides is 1. The van der Waals surface area contributed by atoms with Crippen molar-refractivity contribution >= 4 is 17.5 Å². The molecular formula is C21H20ClNO. The number of nitrogens with zero attached hydrogens (tertiary/aromatic N) is 1. The molecule has 2 aromatic rings. The van der Waals surface area contributed by atoms with Crippen molar-refractivity contribution in [3.63, 3.8) is 0 Å². The molecule has 2 aromatic carbocycles. The first kappa shape index (κ1) is 14.5. The second-order valence-corrected chi connectivity index (χ2v) is 8.01. The van der Waals surface area contributed by atoms with Gasteiger partial charge in [0.25, 0.3) is 0 Å². The fourth-order valence-electron chi connectivity index (χ4n) is 4.78. The Balaban J connectivity index is 1.39. The van der Waals surface area contributed by atoms with Crippen LogP contribution in [0, 0.1) is 5.92 Å². The highest BCUT2D eigenvalue weighted by Crippen LogP contribution is 2.52. The van der Waals surface area contributed by atoms with Gasteiger partial charge in [-0.2, -0.15) is 0 Å². The molecule has 3 heteroatoms. The SMILES string of the molecule is O=C(N1CC2Cc3ccccc3C2C1)C1(c2ccc(Cl)cc2)CC1. The zero-order chi connectivity index (χ0) is 16.3. The normalized spacial score (nSPS) is 26.1. The average Bonchev–Trinajstić information content (AvgIpc) is 3.18. The van der Waals surface area contributed by atoms with Gasteiger partial charge in [0, 0.05) is 24.0 Å². The maximum absolute atomic E-state index is 13.3. The van der Waals surface area contributed by atoms with Crippen LogP contribution in [0.4, 0.5) is 0 Å². The second kappa shape index (κ2) is 5.10. The van der Waals surface area contributed by atoms with E-state index in [-0.39, 0.29) is 5.41 Å². The van der Waals surface area contributed by atoms with Crippen molar-refractivity contribution in [3.8, 4) is 0 Å². The third-order valence-electron chi connectivity index (χ3n) is 6.22. The molecule has 2 nitrogen and oxygen atoms in total. The molecule has 1 heterocycles. The van der Waals surface area contributed by atoms with Crippen LogP contribution in [0.25, 0.3) is 0 Å². The van der Waals surface area contributed by atoms with E-state index in [2.05, 4.69) is 29.2 Å². The summed E-state index contributed by atoms with van der Waals surface area (Å²) in [6, 6.07) is 16.6. The minimum Gasteiger partial charge on any atom is -0.341 e. The topological polar surface area (TPSA) is 20.3 Å². The van der Waals surface area contributed by atoms with Gasteiger partial charge in [0.1, 0.15) is 0 Å². The molecule has 2 aliphatic carbocycles. The predicted octanol–water partition coefficient (Wildman–Crippen LogP) is 4.17. The van der Waals surface area contributed by atoms with Crippen LogP contribution in [0.1, 0.15) is 35.4 Å². The van der Waals surface area contributed by atoms with Crippen molar-refractivity contribution in [2.24, 2.45) is 5.92 Å². The van der Waals surface area contributed by atoms with E-state index in [1.165, 1.54) is 11.1 Å². The number of likely N-dealkylation sites (tertiary alicyclic amines) is 1. The Labute approximate surface area is 147 Å². The first-order chi connectivity index (χ1) is 11.7. The fraction of sp³-hybridized carbons (Fsp3) is 0.381. The minimum absolute atomic E-state index is 0.275. The van der Waals surface area contributed by atoms with Crippen molar-refractivity contribution in [2.45, 2.75) is 30.6 Å². The molecule has 1 saturated heterocycles. The van der Waals surface area contributed by atoms with Crippen molar-refractivity contribution in [2.75, 3.05) is 13.1 Å². The van der Waals surface area contributed by atoms with Crippen LogP contribution in [0.15, 0.2) is 48.5 Å². The fourth-order valence-corrected chi connectivity index (χ4v) is 4.91. The zero-order valence-electron chi connectivity index (χ0n) is 13.5. The minimum atomic E-state index is -0.275. The molecule has 122 valence electrons. The molecule has 0 aromatic heterocycles. The number of hydrogen-bond donors (Lipinski definition) is 0. The van der Waals surface area contributed by atoms with Gasteiger partial charge in [-0.15, -0.1) is 0 Å². The molecule has 5 rings (SSSR count). The second-order valence-electron chi connectivity index (χ2n) is 7.57. The smallest absolute Gasteiger partial charge is 0.233 e. The summed E-state index contributed by atoms with van der Waals surface area (Å²) >= 11 is 6.01. The Hall–Kier alpha value is -1.80. The number of hydrogen-bond acceptors (Lipinski definition) is 1. The van der Waals surface area contributed by atoms with Crippen LogP contribution in [0.2, 0.25) is 5.02 Å². The van der Waals surface area contributed by atoms with E-state index in [0.29, 0.717) is 17.7 Å².